The Balaban J connectivity index is 3.30. The van der Waals surface area contributed by atoms with Crippen LogP contribution in [-0.2, 0) is 0 Å². The molecule has 1 atom stereocenters. The SMILES string of the molecule is CC(CCCO)NCCCN(C)C(C)C. The van der Waals surface area contributed by atoms with Gasteiger partial charge in [0.05, 0.1) is 0 Å². The van der Waals surface area contributed by atoms with Crippen LogP contribution in [0.3, 0.4) is 0 Å². The monoisotopic (exact) mass is 216 g/mol. The van der Waals surface area contributed by atoms with Crippen molar-refractivity contribution in [3.8, 4) is 0 Å². The van der Waals surface area contributed by atoms with Gasteiger partial charge in [0.25, 0.3) is 0 Å². The second-order valence-electron chi connectivity index (χ2n) is 4.65. The Labute approximate surface area is 94.9 Å². The molecule has 0 radical (unpaired) electrons. The van der Waals surface area contributed by atoms with Crippen molar-refractivity contribution in [3.63, 3.8) is 0 Å². The Morgan fingerprint density at radius 2 is 1.87 bits per heavy atom. The number of nitrogens with zero attached hydrogens (tertiary/aromatic N) is 1. The van der Waals surface area contributed by atoms with E-state index in [9.17, 15) is 0 Å². The van der Waals surface area contributed by atoms with E-state index in [4.69, 9.17) is 5.11 Å². The van der Waals surface area contributed by atoms with E-state index in [1.54, 1.807) is 0 Å². The summed E-state index contributed by atoms with van der Waals surface area (Å²) in [5, 5.41) is 12.2. The molecule has 3 nitrogen and oxygen atoms in total. The second kappa shape index (κ2) is 9.13. The molecule has 0 spiro atoms. The van der Waals surface area contributed by atoms with Crippen LogP contribution in [0.25, 0.3) is 0 Å². The molecule has 0 bridgehead atoms. The van der Waals surface area contributed by atoms with Gasteiger partial charge in [-0.15, -0.1) is 0 Å². The van der Waals surface area contributed by atoms with Gasteiger partial charge in [0, 0.05) is 18.7 Å². The zero-order valence-corrected chi connectivity index (χ0v) is 10.8. The minimum absolute atomic E-state index is 0.308. The third kappa shape index (κ3) is 8.85. The van der Waals surface area contributed by atoms with E-state index in [-0.39, 0.29) is 0 Å². The lowest BCUT2D eigenvalue weighted by molar-refractivity contribution is 0.263. The highest BCUT2D eigenvalue weighted by Crippen LogP contribution is 1.97. The molecule has 0 aliphatic carbocycles. The lowest BCUT2D eigenvalue weighted by atomic mass is 10.2. The minimum atomic E-state index is 0.308. The molecule has 3 heteroatoms. The molecule has 92 valence electrons. The van der Waals surface area contributed by atoms with E-state index < -0.39 is 0 Å². The average Bonchev–Trinajstić information content (AvgIpc) is 2.20. The first-order chi connectivity index (χ1) is 7.07. The van der Waals surface area contributed by atoms with Crippen LogP contribution in [0.5, 0.6) is 0 Å². The number of nitrogens with one attached hydrogen (secondary N) is 1. The molecule has 0 saturated carbocycles. The molecule has 0 aliphatic heterocycles. The Kier molecular flexibility index (Phi) is 9.06. The number of hydrogen-bond acceptors (Lipinski definition) is 3. The highest BCUT2D eigenvalue weighted by molar-refractivity contribution is 4.62. The van der Waals surface area contributed by atoms with E-state index in [1.165, 1.54) is 6.42 Å². The van der Waals surface area contributed by atoms with Gasteiger partial charge in [0.15, 0.2) is 0 Å². The van der Waals surface area contributed by atoms with Crippen molar-refractivity contribution >= 4 is 0 Å². The molecule has 0 aromatic rings. The standard InChI is InChI=1S/C12H28N2O/c1-11(2)14(4)9-6-8-13-12(3)7-5-10-15/h11-13,15H,5-10H2,1-4H3. The summed E-state index contributed by atoms with van der Waals surface area (Å²) in [7, 11) is 2.17. The molecule has 0 rings (SSSR count). The fourth-order valence-electron chi connectivity index (χ4n) is 1.43. The number of hydrogen-bond donors (Lipinski definition) is 2. The fourth-order valence-corrected chi connectivity index (χ4v) is 1.43. The topological polar surface area (TPSA) is 35.5 Å². The number of aliphatic hydroxyl groups excluding tert-OH is 1. The molecule has 0 aromatic heterocycles. The quantitative estimate of drug-likeness (QED) is 0.573. The molecule has 1 unspecified atom stereocenters. The van der Waals surface area contributed by atoms with Crippen molar-refractivity contribution < 1.29 is 5.11 Å². The predicted octanol–water partition coefficient (Wildman–Crippen LogP) is 1.47. The van der Waals surface area contributed by atoms with E-state index in [0.717, 1.165) is 25.9 Å². The van der Waals surface area contributed by atoms with Gasteiger partial charge in [0.1, 0.15) is 0 Å². The van der Waals surface area contributed by atoms with Crippen LogP contribution in [0.15, 0.2) is 0 Å². The summed E-state index contributed by atoms with van der Waals surface area (Å²) >= 11 is 0. The van der Waals surface area contributed by atoms with Crippen molar-refractivity contribution in [3.05, 3.63) is 0 Å². The molecule has 0 heterocycles. The highest BCUT2D eigenvalue weighted by atomic mass is 16.2. The van der Waals surface area contributed by atoms with E-state index >= 15 is 0 Å². The molecule has 2 N–H and O–H groups in total. The van der Waals surface area contributed by atoms with E-state index in [2.05, 4.69) is 38.0 Å². The zero-order valence-electron chi connectivity index (χ0n) is 10.8. The molecule has 0 saturated heterocycles. The van der Waals surface area contributed by atoms with Gasteiger partial charge in [-0.3, -0.25) is 0 Å². The zero-order chi connectivity index (χ0) is 11.7. The Morgan fingerprint density at radius 1 is 1.20 bits per heavy atom. The van der Waals surface area contributed by atoms with Gasteiger partial charge in [0.2, 0.25) is 0 Å². The van der Waals surface area contributed by atoms with Crippen LogP contribution in [-0.4, -0.2) is 48.8 Å². The van der Waals surface area contributed by atoms with Gasteiger partial charge in [-0.1, -0.05) is 0 Å². The van der Waals surface area contributed by atoms with Gasteiger partial charge in [-0.25, -0.2) is 0 Å². The van der Waals surface area contributed by atoms with Gasteiger partial charge in [-0.2, -0.15) is 0 Å². The van der Waals surface area contributed by atoms with Gasteiger partial charge < -0.3 is 15.3 Å². The van der Waals surface area contributed by atoms with Crippen molar-refractivity contribution in [1.82, 2.24) is 10.2 Å². The van der Waals surface area contributed by atoms with Crippen LogP contribution in [0.4, 0.5) is 0 Å². The summed E-state index contributed by atoms with van der Waals surface area (Å²) in [5.74, 6) is 0. The largest absolute Gasteiger partial charge is 0.396 e. The van der Waals surface area contributed by atoms with Crippen LogP contribution >= 0.6 is 0 Å². The summed E-state index contributed by atoms with van der Waals surface area (Å²) in [6, 6.07) is 1.17. The van der Waals surface area contributed by atoms with Crippen molar-refractivity contribution in [2.75, 3.05) is 26.7 Å². The Morgan fingerprint density at radius 3 is 2.40 bits per heavy atom. The first-order valence-electron chi connectivity index (χ1n) is 6.12. The Hall–Kier alpha value is -0.120. The summed E-state index contributed by atoms with van der Waals surface area (Å²) in [4.78, 5) is 2.36. The predicted molar refractivity (Wildman–Crippen MR) is 66.2 cm³/mol. The highest BCUT2D eigenvalue weighted by Gasteiger charge is 2.03. The van der Waals surface area contributed by atoms with Crippen LogP contribution in [0.1, 0.15) is 40.0 Å². The van der Waals surface area contributed by atoms with Crippen LogP contribution in [0, 0.1) is 0 Å². The maximum Gasteiger partial charge on any atom is 0.0431 e. The molecule has 0 aromatic carbocycles. The molecular weight excluding hydrogens is 188 g/mol. The lowest BCUT2D eigenvalue weighted by Crippen LogP contribution is -2.32. The first-order valence-corrected chi connectivity index (χ1v) is 6.12. The number of rotatable bonds is 9. The molecule has 0 fully saturated rings. The maximum absolute atomic E-state index is 8.69. The van der Waals surface area contributed by atoms with Gasteiger partial charge in [-0.05, 0) is 60.2 Å². The Bertz CT molecular complexity index is 140. The average molecular weight is 216 g/mol. The third-order valence-electron chi connectivity index (χ3n) is 2.86. The number of aliphatic hydroxyl groups is 1. The summed E-state index contributed by atoms with van der Waals surface area (Å²) < 4.78 is 0. The van der Waals surface area contributed by atoms with Gasteiger partial charge >= 0.3 is 0 Å². The smallest absolute Gasteiger partial charge is 0.0431 e. The second-order valence-corrected chi connectivity index (χ2v) is 4.65. The summed E-state index contributed by atoms with van der Waals surface area (Å²) in [5.41, 5.74) is 0. The van der Waals surface area contributed by atoms with Crippen molar-refractivity contribution in [1.29, 1.82) is 0 Å². The first kappa shape index (κ1) is 14.9. The molecule has 0 amide bonds. The molecular formula is C12H28N2O. The lowest BCUT2D eigenvalue weighted by Gasteiger charge is -2.21. The summed E-state index contributed by atoms with van der Waals surface area (Å²) in [6.07, 6.45) is 3.16. The fraction of sp³-hybridized carbons (Fsp3) is 1.00. The maximum atomic E-state index is 8.69. The van der Waals surface area contributed by atoms with Crippen molar-refractivity contribution in [2.45, 2.75) is 52.1 Å². The van der Waals surface area contributed by atoms with E-state index in [1.807, 2.05) is 0 Å². The molecule has 0 aliphatic rings. The van der Waals surface area contributed by atoms with Crippen LogP contribution < -0.4 is 5.32 Å². The third-order valence-corrected chi connectivity index (χ3v) is 2.86. The normalized spacial score (nSPS) is 13.8. The summed E-state index contributed by atoms with van der Waals surface area (Å²) in [6.45, 7) is 9.15. The minimum Gasteiger partial charge on any atom is -0.396 e. The van der Waals surface area contributed by atoms with Crippen LogP contribution in [0.2, 0.25) is 0 Å². The van der Waals surface area contributed by atoms with Crippen molar-refractivity contribution in [2.24, 2.45) is 0 Å². The van der Waals surface area contributed by atoms with E-state index in [0.29, 0.717) is 18.7 Å². The molecule has 15 heavy (non-hydrogen) atoms.